The molecule has 0 bridgehead atoms. The van der Waals surface area contributed by atoms with E-state index in [-0.39, 0.29) is 0 Å². The van der Waals surface area contributed by atoms with Crippen molar-refractivity contribution in [3.63, 3.8) is 0 Å². The Balaban J connectivity index is 9.63. The summed E-state index contributed by atoms with van der Waals surface area (Å²) in [4.78, 5) is 0. The summed E-state index contributed by atoms with van der Waals surface area (Å²) < 4.78 is 6.33. The van der Waals surface area contributed by atoms with Crippen LogP contribution in [0.2, 0.25) is 0 Å². The number of hydrogen-bond acceptors (Lipinski definition) is 25. The highest BCUT2D eigenvalue weighted by atomic mass is 16.5. The van der Waals surface area contributed by atoms with E-state index < -0.39 is 222 Å². The van der Waals surface area contributed by atoms with Crippen molar-refractivity contribution in [2.75, 3.05) is 132 Å². The van der Waals surface area contributed by atoms with Gasteiger partial charge in [-0.15, -0.1) is 0 Å². The molecule has 0 heterocycles. The van der Waals surface area contributed by atoms with Crippen molar-refractivity contribution in [2.45, 2.75) is 87.6 Å². The summed E-state index contributed by atoms with van der Waals surface area (Å²) >= 11 is 0. The zero-order valence-corrected chi connectivity index (χ0v) is 40.5. The molecule has 0 saturated heterocycles. The molecule has 0 radical (unpaired) electrons. The first-order valence-corrected chi connectivity index (χ1v) is 22.1. The Kier molecular flexibility index (Phi) is 23.3. The maximum atomic E-state index is 11.6. The van der Waals surface area contributed by atoms with Crippen LogP contribution < -0.4 is 34.4 Å². The van der Waals surface area contributed by atoms with Gasteiger partial charge in [-0.05, 0) is 54.4 Å². The second-order valence-corrected chi connectivity index (χ2v) is 20.8. The van der Waals surface area contributed by atoms with Crippen molar-refractivity contribution in [3.8, 4) is 0 Å². The lowest BCUT2D eigenvalue weighted by atomic mass is 9.32. The summed E-state index contributed by atoms with van der Waals surface area (Å²) in [5.41, 5.74) is 5.67. The van der Waals surface area contributed by atoms with Gasteiger partial charge in [0.15, 0.2) is 0 Å². The molecule has 0 aliphatic heterocycles. The van der Waals surface area contributed by atoms with Gasteiger partial charge < -0.3 is 131 Å². The highest BCUT2D eigenvalue weighted by Gasteiger charge is 2.81. The van der Waals surface area contributed by atoms with Crippen LogP contribution in [-0.4, -0.2) is 257 Å². The molecule has 0 aliphatic rings. The molecule has 0 aromatic carbocycles. The molecule has 25 nitrogen and oxygen atoms in total. The minimum atomic E-state index is -2.75. The van der Waals surface area contributed by atoms with Gasteiger partial charge in [0.1, 0.15) is 0 Å². The largest absolute Gasteiger partial charge is 0.396 e. The lowest BCUT2D eigenvalue weighted by molar-refractivity contribution is -0.318. The van der Waals surface area contributed by atoms with Gasteiger partial charge >= 0.3 is 0 Å². The quantitative estimate of drug-likeness (QED) is 0.0259. The predicted octanol–water partition coefficient (Wildman–Crippen LogP) is -10.2. The molecule has 0 spiro atoms. The summed E-state index contributed by atoms with van der Waals surface area (Å²) in [7, 11) is 0. The number of ether oxygens (including phenoxy) is 1. The van der Waals surface area contributed by atoms with Crippen LogP contribution in [-0.2, 0) is 4.74 Å². The van der Waals surface area contributed by atoms with Crippen molar-refractivity contribution in [3.05, 3.63) is 0 Å². The van der Waals surface area contributed by atoms with E-state index in [1.807, 2.05) is 0 Å². The number of nitrogens with two attached hydrogens (primary N) is 6. The molecule has 0 fully saturated rings. The Hall–Kier alpha value is -1.00. The van der Waals surface area contributed by atoms with Crippen molar-refractivity contribution in [2.24, 2.45) is 77.7 Å². The molecule has 0 rings (SSSR count). The molecule has 0 aromatic rings. The van der Waals surface area contributed by atoms with E-state index >= 15 is 0 Å². The Labute approximate surface area is 393 Å². The Morgan fingerprint density at radius 1 is 0.239 bits per heavy atom. The molecule has 6 atom stereocenters. The summed E-state index contributed by atoms with van der Waals surface area (Å²) in [6.45, 7) is -17.5. The van der Waals surface area contributed by atoms with E-state index in [1.165, 1.54) is 0 Å². The summed E-state index contributed by atoms with van der Waals surface area (Å²) in [6.07, 6.45) is -1.78. The lowest BCUT2D eigenvalue weighted by Gasteiger charge is -2.74. The zero-order valence-electron chi connectivity index (χ0n) is 40.5. The smallest absolute Gasteiger partial charge is 0.0615 e. The molecular formula is C42H92N6O19. The molecule has 25 heteroatoms. The van der Waals surface area contributed by atoms with E-state index in [0.29, 0.717) is 0 Å². The molecular weight excluding hydrogens is 892 g/mol. The normalized spacial score (nSPS) is 21.2. The predicted molar refractivity (Wildman–Crippen MR) is 243 cm³/mol. The van der Waals surface area contributed by atoms with Crippen molar-refractivity contribution in [1.82, 2.24) is 0 Å². The maximum Gasteiger partial charge on any atom is 0.0615 e. The Morgan fingerprint density at radius 2 is 0.358 bits per heavy atom. The summed E-state index contributed by atoms with van der Waals surface area (Å²) in [5.74, 6) is 0. The average molecular weight is 985 g/mol. The highest BCUT2D eigenvalue weighted by Crippen LogP contribution is 2.72. The van der Waals surface area contributed by atoms with Crippen molar-refractivity contribution < 1.29 is 96.7 Å². The summed E-state index contributed by atoms with van der Waals surface area (Å²) in [5, 5.41) is 205. The van der Waals surface area contributed by atoms with Crippen LogP contribution >= 0.6 is 0 Å². The summed E-state index contributed by atoms with van der Waals surface area (Å²) in [6, 6.07) is 0. The topological polar surface area (TPSA) is 529 Å². The van der Waals surface area contributed by atoms with Crippen LogP contribution in [0.4, 0.5) is 0 Å². The molecule has 0 aliphatic carbocycles. The molecule has 0 saturated carbocycles. The van der Waals surface area contributed by atoms with E-state index in [4.69, 9.17) is 39.1 Å². The molecule has 0 aromatic heterocycles. The van der Waals surface area contributed by atoms with Crippen LogP contribution in [0.1, 0.15) is 54.4 Å². The van der Waals surface area contributed by atoms with E-state index in [0.717, 1.165) is 41.5 Å². The minimum absolute atomic E-state index is 0.854. The second-order valence-electron chi connectivity index (χ2n) is 20.8. The molecule has 67 heavy (non-hydrogen) atoms. The number of hydrogen-bond donors (Lipinski definition) is 24. The molecule has 30 N–H and O–H groups in total. The van der Waals surface area contributed by atoms with E-state index in [9.17, 15) is 91.9 Å². The molecule has 6 unspecified atom stereocenters. The third-order valence-electron chi connectivity index (χ3n) is 17.9. The Morgan fingerprint density at radius 3 is 0.448 bits per heavy atom. The van der Waals surface area contributed by atoms with Crippen molar-refractivity contribution in [1.29, 1.82) is 0 Å². The van der Waals surface area contributed by atoms with Gasteiger partial charge in [0.2, 0.25) is 0 Å². The minimum Gasteiger partial charge on any atom is -0.396 e. The fourth-order valence-electron chi connectivity index (χ4n) is 12.7. The van der Waals surface area contributed by atoms with Crippen LogP contribution in [0.5, 0.6) is 0 Å². The average Bonchev–Trinajstić information content (AvgIpc) is 3.31. The highest BCUT2D eigenvalue weighted by molar-refractivity contribution is 5.31. The number of aliphatic hydroxyl groups excluding tert-OH is 18. The fourth-order valence-corrected chi connectivity index (χ4v) is 12.7. The van der Waals surface area contributed by atoms with Crippen LogP contribution in [0.3, 0.4) is 0 Å². The van der Waals surface area contributed by atoms with Crippen molar-refractivity contribution >= 4 is 0 Å². The fraction of sp³-hybridized carbons (Fsp3) is 1.00. The van der Waals surface area contributed by atoms with Crippen LogP contribution in [0.15, 0.2) is 0 Å². The van der Waals surface area contributed by atoms with Gasteiger partial charge in [0.25, 0.3) is 0 Å². The van der Waals surface area contributed by atoms with Gasteiger partial charge in [-0.1, -0.05) is 0 Å². The number of aliphatic hydroxyl groups is 18. The lowest BCUT2D eigenvalue weighted by Crippen LogP contribution is -2.85. The maximum absolute atomic E-state index is 11.6. The SMILES string of the molecule is CC(N)(CO)C(CO)(CO)C(CCOCCC(C(CO)(CO)C(C)(N)CO)(C(CO)(CO)C(C)(N)CO)C(CO)(CO)C(C)(N)CO)(C(CO)(CO)C(C)(N)CO)C(CO)(CO)C(C)(N)CO. The van der Waals surface area contributed by atoms with Gasteiger partial charge in [0.05, 0.1) is 119 Å². The monoisotopic (exact) mass is 985 g/mol. The van der Waals surface area contributed by atoms with Crippen LogP contribution in [0, 0.1) is 43.3 Å². The third kappa shape index (κ3) is 8.82. The van der Waals surface area contributed by atoms with Gasteiger partial charge in [-0.3, -0.25) is 0 Å². The number of rotatable bonds is 36. The standard InChI is InChI=1S/C42H92N6O19/c1-29(43,11-49)35(17-55,18-56)41(36(19-57,20-58)30(2,44)12-50,37(21-59,22-60)31(3,45)13-51)7-9-67-10-8-42(38(23-61,24-62)32(4,46)14-52,39(25-63,26-64)33(5,47)15-53)40(27-65,28-66)34(6,48)16-54/h49-66H,7-28,43-48H2,1-6H3. The van der Waals surface area contributed by atoms with Gasteiger partial charge in [-0.2, -0.15) is 0 Å². The van der Waals surface area contributed by atoms with Gasteiger partial charge in [0, 0.05) is 89.8 Å². The molecule has 404 valence electrons. The van der Waals surface area contributed by atoms with Crippen LogP contribution in [0.25, 0.3) is 0 Å². The molecule has 0 amide bonds. The Bertz CT molecular complexity index is 1200. The third-order valence-corrected chi connectivity index (χ3v) is 17.9. The first-order valence-electron chi connectivity index (χ1n) is 22.1. The van der Waals surface area contributed by atoms with E-state index in [1.54, 1.807) is 0 Å². The first-order chi connectivity index (χ1) is 30.8. The van der Waals surface area contributed by atoms with E-state index in [2.05, 4.69) is 0 Å². The van der Waals surface area contributed by atoms with Gasteiger partial charge in [-0.25, -0.2) is 0 Å². The second kappa shape index (κ2) is 23.7. The zero-order chi connectivity index (χ0) is 53.3. The first kappa shape index (κ1) is 66.0.